The Morgan fingerprint density at radius 2 is 2.10 bits per heavy atom. The molecule has 0 aromatic heterocycles. The van der Waals surface area contributed by atoms with E-state index in [1.807, 2.05) is 13.0 Å². The van der Waals surface area contributed by atoms with E-state index in [9.17, 15) is 5.11 Å². The maximum absolute atomic E-state index is 9.95. The Kier molecular flexibility index (Phi) is 4.03. The Bertz CT molecular complexity index is 496. The Morgan fingerprint density at radius 3 is 2.85 bits per heavy atom. The van der Waals surface area contributed by atoms with Crippen molar-refractivity contribution < 1.29 is 19.3 Å². The molecule has 1 saturated heterocycles. The molecule has 2 heterocycles. The van der Waals surface area contributed by atoms with Crippen molar-refractivity contribution in [2.45, 2.75) is 25.7 Å². The maximum atomic E-state index is 9.95. The van der Waals surface area contributed by atoms with Crippen LogP contribution >= 0.6 is 11.6 Å². The van der Waals surface area contributed by atoms with E-state index >= 15 is 0 Å². The Morgan fingerprint density at radius 1 is 1.35 bits per heavy atom. The van der Waals surface area contributed by atoms with Crippen molar-refractivity contribution in [2.24, 2.45) is 0 Å². The number of aliphatic hydroxyl groups excluding tert-OH is 1. The molecule has 1 N–H and O–H groups in total. The summed E-state index contributed by atoms with van der Waals surface area (Å²) >= 11 is 6.26. The van der Waals surface area contributed by atoms with Gasteiger partial charge in [0.05, 0.1) is 12.2 Å². The van der Waals surface area contributed by atoms with Gasteiger partial charge in [0.1, 0.15) is 0 Å². The van der Waals surface area contributed by atoms with Crippen LogP contribution in [0, 0.1) is 0 Å². The predicted molar refractivity (Wildman–Crippen MR) is 74.3 cm³/mol. The summed E-state index contributed by atoms with van der Waals surface area (Å²) in [6, 6.07) is 3.69. The summed E-state index contributed by atoms with van der Waals surface area (Å²) in [7, 11) is 0. The number of β-amino-alcohol motifs (C(OH)–C–C–N with tert-alkyl or cyclic N) is 1. The van der Waals surface area contributed by atoms with Crippen LogP contribution in [0.2, 0.25) is 5.02 Å². The van der Waals surface area contributed by atoms with Gasteiger partial charge in [0.25, 0.3) is 0 Å². The van der Waals surface area contributed by atoms with Crippen LogP contribution in [0.3, 0.4) is 0 Å². The molecule has 5 nitrogen and oxygen atoms in total. The van der Waals surface area contributed by atoms with Gasteiger partial charge in [0, 0.05) is 37.3 Å². The average molecular weight is 300 g/mol. The van der Waals surface area contributed by atoms with Crippen molar-refractivity contribution in [3.05, 3.63) is 22.7 Å². The number of likely N-dealkylation sites (tertiary alicyclic amines) is 1. The van der Waals surface area contributed by atoms with Crippen molar-refractivity contribution in [1.82, 2.24) is 4.90 Å². The molecule has 110 valence electrons. The fraction of sp³-hybridized carbons (Fsp3) is 0.571. The normalized spacial score (nSPS) is 25.4. The molecule has 0 spiro atoms. The molecule has 0 saturated carbocycles. The summed E-state index contributed by atoms with van der Waals surface area (Å²) in [5.41, 5.74) is 0.972. The quantitative estimate of drug-likeness (QED) is 0.916. The Labute approximate surface area is 123 Å². The van der Waals surface area contributed by atoms with Gasteiger partial charge < -0.3 is 19.3 Å². The second kappa shape index (κ2) is 5.77. The Balaban J connectivity index is 1.70. The summed E-state index contributed by atoms with van der Waals surface area (Å²) in [6.45, 7) is 4.75. The molecule has 1 fully saturated rings. The van der Waals surface area contributed by atoms with Crippen LogP contribution in [0.5, 0.6) is 11.5 Å². The summed E-state index contributed by atoms with van der Waals surface area (Å²) < 4.78 is 16.2. The summed E-state index contributed by atoms with van der Waals surface area (Å²) in [5, 5.41) is 10.6. The lowest BCUT2D eigenvalue weighted by Crippen LogP contribution is -2.26. The number of aliphatic hydroxyl groups is 1. The third-order valence-corrected chi connectivity index (χ3v) is 3.98. The van der Waals surface area contributed by atoms with Crippen LogP contribution in [0.25, 0.3) is 0 Å². The first-order valence-electron chi connectivity index (χ1n) is 6.77. The molecular formula is C14H18ClNO4. The molecule has 1 aromatic carbocycles. The third kappa shape index (κ3) is 2.72. The minimum atomic E-state index is -0.442. The lowest BCUT2D eigenvalue weighted by atomic mass is 10.2. The smallest absolute Gasteiger partial charge is 0.231 e. The van der Waals surface area contributed by atoms with E-state index in [0.717, 1.165) is 11.3 Å². The monoisotopic (exact) mass is 299 g/mol. The fourth-order valence-corrected chi connectivity index (χ4v) is 2.87. The van der Waals surface area contributed by atoms with Crippen molar-refractivity contribution in [3.63, 3.8) is 0 Å². The number of nitrogens with zero attached hydrogens (tertiary/aromatic N) is 1. The minimum Gasteiger partial charge on any atom is -0.454 e. The molecule has 0 aliphatic carbocycles. The van der Waals surface area contributed by atoms with E-state index in [-0.39, 0.29) is 12.9 Å². The van der Waals surface area contributed by atoms with Crippen molar-refractivity contribution in [1.29, 1.82) is 0 Å². The Hall–Kier alpha value is -1.01. The molecule has 6 heteroatoms. The fourth-order valence-electron chi connectivity index (χ4n) is 2.66. The number of fused-ring (bicyclic) bond motifs is 1. The third-order valence-electron chi connectivity index (χ3n) is 3.63. The number of hydrogen-bond acceptors (Lipinski definition) is 5. The standard InChI is InChI=1S/C14H18ClNO4/c1-2-18-14-7-16(6-11(14)17)5-9-3-12-13(4-10(9)15)20-8-19-12/h3-4,11,14,17H,2,5-8H2,1H3/t11-,14-/m0/s1. The summed E-state index contributed by atoms with van der Waals surface area (Å²) in [4.78, 5) is 2.13. The molecular weight excluding hydrogens is 282 g/mol. The van der Waals surface area contributed by atoms with Gasteiger partial charge >= 0.3 is 0 Å². The molecule has 20 heavy (non-hydrogen) atoms. The molecule has 0 amide bonds. The predicted octanol–water partition coefficient (Wildman–Crippen LogP) is 1.65. The highest BCUT2D eigenvalue weighted by molar-refractivity contribution is 6.31. The molecule has 0 radical (unpaired) electrons. The van der Waals surface area contributed by atoms with Crippen LogP contribution in [-0.2, 0) is 11.3 Å². The highest BCUT2D eigenvalue weighted by atomic mass is 35.5. The van der Waals surface area contributed by atoms with E-state index in [0.29, 0.717) is 37.0 Å². The van der Waals surface area contributed by atoms with Gasteiger partial charge in [-0.2, -0.15) is 0 Å². The average Bonchev–Trinajstić information content (AvgIpc) is 2.98. The lowest BCUT2D eigenvalue weighted by Gasteiger charge is -2.16. The van der Waals surface area contributed by atoms with E-state index < -0.39 is 6.10 Å². The number of halogens is 1. The van der Waals surface area contributed by atoms with Crippen molar-refractivity contribution in [2.75, 3.05) is 26.5 Å². The molecule has 0 bridgehead atoms. The number of benzene rings is 1. The van der Waals surface area contributed by atoms with E-state index in [1.165, 1.54) is 0 Å². The lowest BCUT2D eigenvalue weighted by molar-refractivity contribution is -0.00245. The van der Waals surface area contributed by atoms with Gasteiger partial charge in [-0.1, -0.05) is 11.6 Å². The zero-order chi connectivity index (χ0) is 14.1. The van der Waals surface area contributed by atoms with Gasteiger partial charge in [-0.05, 0) is 18.6 Å². The maximum Gasteiger partial charge on any atom is 0.231 e. The van der Waals surface area contributed by atoms with E-state index in [2.05, 4.69) is 4.90 Å². The minimum absolute atomic E-state index is 0.118. The zero-order valence-electron chi connectivity index (χ0n) is 11.3. The highest BCUT2D eigenvalue weighted by Crippen LogP contribution is 2.37. The second-order valence-corrected chi connectivity index (χ2v) is 5.46. The first-order chi connectivity index (χ1) is 9.67. The van der Waals surface area contributed by atoms with Gasteiger partial charge in [-0.15, -0.1) is 0 Å². The van der Waals surface area contributed by atoms with Crippen LogP contribution in [-0.4, -0.2) is 48.7 Å². The summed E-state index contributed by atoms with van der Waals surface area (Å²) in [6.07, 6.45) is -0.560. The van der Waals surface area contributed by atoms with Crippen LogP contribution < -0.4 is 9.47 Å². The van der Waals surface area contributed by atoms with Crippen molar-refractivity contribution >= 4 is 11.6 Å². The zero-order valence-corrected chi connectivity index (χ0v) is 12.1. The first kappa shape index (κ1) is 13.9. The first-order valence-corrected chi connectivity index (χ1v) is 7.15. The van der Waals surface area contributed by atoms with Gasteiger partial charge in [-0.25, -0.2) is 0 Å². The molecule has 3 rings (SSSR count). The van der Waals surface area contributed by atoms with Crippen LogP contribution in [0.15, 0.2) is 12.1 Å². The molecule has 0 unspecified atom stereocenters. The van der Waals surface area contributed by atoms with Crippen molar-refractivity contribution in [3.8, 4) is 11.5 Å². The highest BCUT2D eigenvalue weighted by Gasteiger charge is 2.32. The van der Waals surface area contributed by atoms with E-state index in [4.69, 9.17) is 25.8 Å². The molecule has 2 aliphatic heterocycles. The largest absolute Gasteiger partial charge is 0.454 e. The van der Waals surface area contributed by atoms with Crippen LogP contribution in [0.4, 0.5) is 0 Å². The summed E-state index contributed by atoms with van der Waals surface area (Å²) in [5.74, 6) is 1.41. The molecule has 2 aliphatic rings. The van der Waals surface area contributed by atoms with Crippen LogP contribution in [0.1, 0.15) is 12.5 Å². The number of ether oxygens (including phenoxy) is 3. The molecule has 1 aromatic rings. The topological polar surface area (TPSA) is 51.2 Å². The second-order valence-electron chi connectivity index (χ2n) is 5.05. The number of hydrogen-bond donors (Lipinski definition) is 1. The van der Waals surface area contributed by atoms with Gasteiger partial charge in [0.15, 0.2) is 11.5 Å². The van der Waals surface area contributed by atoms with E-state index in [1.54, 1.807) is 6.07 Å². The molecule has 2 atom stereocenters. The van der Waals surface area contributed by atoms with Gasteiger partial charge in [0.2, 0.25) is 6.79 Å². The SMILES string of the molecule is CCO[C@H]1CN(Cc2cc3c(cc2Cl)OCO3)C[C@@H]1O. The number of rotatable bonds is 4. The van der Waals surface area contributed by atoms with Gasteiger partial charge in [-0.3, -0.25) is 4.90 Å².